The third kappa shape index (κ3) is 5.85. The highest BCUT2D eigenvalue weighted by Gasteiger charge is 2.19. The molecular formula is C20H25ClN2O2. The van der Waals surface area contributed by atoms with Gasteiger partial charge in [-0.05, 0) is 11.1 Å². The molecule has 1 aliphatic heterocycles. The number of nitrogens with one attached hydrogen (secondary N) is 2. The van der Waals surface area contributed by atoms with Crippen LogP contribution in [0, 0.1) is 0 Å². The predicted octanol–water partition coefficient (Wildman–Crippen LogP) is 2.74. The first-order valence-electron chi connectivity index (χ1n) is 8.50. The van der Waals surface area contributed by atoms with Gasteiger partial charge in [0, 0.05) is 31.5 Å². The lowest BCUT2D eigenvalue weighted by atomic mass is 9.91. The zero-order valence-electron chi connectivity index (χ0n) is 14.2. The molecule has 0 spiro atoms. The molecule has 0 aromatic heterocycles. The van der Waals surface area contributed by atoms with Crippen molar-refractivity contribution in [2.45, 2.75) is 18.4 Å². The zero-order chi connectivity index (χ0) is 16.6. The molecule has 1 amide bonds. The van der Waals surface area contributed by atoms with Crippen molar-refractivity contribution in [1.82, 2.24) is 10.6 Å². The third-order valence-electron chi connectivity index (χ3n) is 4.34. The van der Waals surface area contributed by atoms with Gasteiger partial charge in [0.25, 0.3) is 0 Å². The van der Waals surface area contributed by atoms with Crippen molar-refractivity contribution < 1.29 is 9.53 Å². The van der Waals surface area contributed by atoms with Crippen molar-refractivity contribution in [3.8, 4) is 0 Å². The summed E-state index contributed by atoms with van der Waals surface area (Å²) in [5.74, 6) is 0.224. The molecule has 1 atom stereocenters. The minimum absolute atomic E-state index is 0. The molecule has 5 heteroatoms. The Morgan fingerprint density at radius 3 is 2.20 bits per heavy atom. The summed E-state index contributed by atoms with van der Waals surface area (Å²) in [7, 11) is 0. The molecule has 1 aliphatic rings. The second kappa shape index (κ2) is 10.2. The second-order valence-corrected chi connectivity index (χ2v) is 6.11. The third-order valence-corrected chi connectivity index (χ3v) is 4.34. The van der Waals surface area contributed by atoms with Crippen molar-refractivity contribution >= 4 is 18.3 Å². The first kappa shape index (κ1) is 19.4. The average molecular weight is 361 g/mol. The summed E-state index contributed by atoms with van der Waals surface area (Å²) >= 11 is 0. The maximum Gasteiger partial charge on any atom is 0.221 e. The molecule has 134 valence electrons. The van der Waals surface area contributed by atoms with E-state index in [1.54, 1.807) is 0 Å². The van der Waals surface area contributed by atoms with Crippen LogP contribution in [0.25, 0.3) is 0 Å². The fourth-order valence-electron chi connectivity index (χ4n) is 3.06. The van der Waals surface area contributed by atoms with Gasteiger partial charge in [0.1, 0.15) is 0 Å². The average Bonchev–Trinajstić information content (AvgIpc) is 2.64. The van der Waals surface area contributed by atoms with E-state index in [-0.39, 0.29) is 30.3 Å². The van der Waals surface area contributed by atoms with E-state index in [4.69, 9.17) is 4.74 Å². The quantitative estimate of drug-likeness (QED) is 0.832. The second-order valence-electron chi connectivity index (χ2n) is 6.11. The predicted molar refractivity (Wildman–Crippen MR) is 102 cm³/mol. The van der Waals surface area contributed by atoms with Crippen LogP contribution >= 0.6 is 12.4 Å². The number of hydrogen-bond acceptors (Lipinski definition) is 3. The molecule has 1 saturated heterocycles. The van der Waals surface area contributed by atoms with E-state index in [1.165, 1.54) is 11.1 Å². The van der Waals surface area contributed by atoms with Crippen LogP contribution in [0.5, 0.6) is 0 Å². The van der Waals surface area contributed by atoms with Crippen LogP contribution in [0.2, 0.25) is 0 Å². The summed E-state index contributed by atoms with van der Waals surface area (Å²) in [5, 5.41) is 6.41. The Morgan fingerprint density at radius 2 is 1.68 bits per heavy atom. The minimum Gasteiger partial charge on any atom is -0.378 e. The first-order valence-corrected chi connectivity index (χ1v) is 8.50. The highest BCUT2D eigenvalue weighted by atomic mass is 35.5. The lowest BCUT2D eigenvalue weighted by Gasteiger charge is -2.24. The van der Waals surface area contributed by atoms with Crippen LogP contribution in [-0.2, 0) is 9.53 Å². The van der Waals surface area contributed by atoms with Gasteiger partial charge in [-0.15, -0.1) is 12.4 Å². The molecule has 0 aliphatic carbocycles. The Labute approximate surface area is 155 Å². The van der Waals surface area contributed by atoms with Crippen LogP contribution in [0.3, 0.4) is 0 Å². The number of hydrogen-bond donors (Lipinski definition) is 2. The van der Waals surface area contributed by atoms with Crippen LogP contribution in [-0.4, -0.2) is 38.3 Å². The van der Waals surface area contributed by atoms with E-state index in [2.05, 4.69) is 34.9 Å². The zero-order valence-corrected chi connectivity index (χ0v) is 15.0. The van der Waals surface area contributed by atoms with Gasteiger partial charge in [0.05, 0.1) is 13.2 Å². The number of halogens is 1. The van der Waals surface area contributed by atoms with Crippen molar-refractivity contribution in [2.24, 2.45) is 0 Å². The van der Waals surface area contributed by atoms with E-state index in [9.17, 15) is 4.79 Å². The largest absolute Gasteiger partial charge is 0.378 e. The van der Waals surface area contributed by atoms with E-state index < -0.39 is 0 Å². The summed E-state index contributed by atoms with van der Waals surface area (Å²) in [6.07, 6.45) is 0.455. The smallest absolute Gasteiger partial charge is 0.221 e. The van der Waals surface area contributed by atoms with Crippen molar-refractivity contribution in [1.29, 1.82) is 0 Å². The molecule has 3 rings (SSSR count). The molecule has 4 nitrogen and oxygen atoms in total. The Bertz CT molecular complexity index is 591. The van der Waals surface area contributed by atoms with Gasteiger partial charge >= 0.3 is 0 Å². The number of benzene rings is 2. The van der Waals surface area contributed by atoms with Gasteiger partial charge in [-0.3, -0.25) is 4.79 Å². The van der Waals surface area contributed by atoms with Gasteiger partial charge in [0.2, 0.25) is 5.91 Å². The maximum absolute atomic E-state index is 12.3. The van der Waals surface area contributed by atoms with Gasteiger partial charge in [0.15, 0.2) is 0 Å². The molecule has 1 unspecified atom stereocenters. The maximum atomic E-state index is 12.3. The molecule has 2 aromatic rings. The molecule has 0 bridgehead atoms. The molecule has 25 heavy (non-hydrogen) atoms. The summed E-state index contributed by atoms with van der Waals surface area (Å²) < 4.78 is 5.40. The summed E-state index contributed by atoms with van der Waals surface area (Å²) in [5.41, 5.74) is 2.42. The molecule has 1 heterocycles. The molecule has 0 radical (unpaired) electrons. The number of morpholine rings is 1. The number of amides is 1. The van der Waals surface area contributed by atoms with Gasteiger partial charge in [-0.1, -0.05) is 60.7 Å². The Balaban J connectivity index is 0.00000225. The summed E-state index contributed by atoms with van der Waals surface area (Å²) in [6, 6.07) is 20.7. The van der Waals surface area contributed by atoms with Crippen LogP contribution in [0.15, 0.2) is 60.7 Å². The summed E-state index contributed by atoms with van der Waals surface area (Å²) in [4.78, 5) is 12.3. The molecule has 1 fully saturated rings. The normalized spacial score (nSPS) is 16.9. The highest BCUT2D eigenvalue weighted by molar-refractivity contribution is 5.85. The van der Waals surface area contributed by atoms with Crippen molar-refractivity contribution in [3.05, 3.63) is 71.8 Å². The molecule has 2 N–H and O–H groups in total. The van der Waals surface area contributed by atoms with Crippen molar-refractivity contribution in [3.63, 3.8) is 0 Å². The van der Waals surface area contributed by atoms with Crippen LogP contribution in [0.4, 0.5) is 0 Å². The van der Waals surface area contributed by atoms with Crippen LogP contribution in [0.1, 0.15) is 23.5 Å². The molecule has 2 aromatic carbocycles. The van der Waals surface area contributed by atoms with Crippen molar-refractivity contribution in [2.75, 3.05) is 26.3 Å². The topological polar surface area (TPSA) is 50.4 Å². The van der Waals surface area contributed by atoms with E-state index in [1.807, 2.05) is 36.4 Å². The fourth-order valence-corrected chi connectivity index (χ4v) is 3.06. The lowest BCUT2D eigenvalue weighted by molar-refractivity contribution is -0.122. The fraction of sp³-hybridized carbons (Fsp3) is 0.350. The van der Waals surface area contributed by atoms with Gasteiger partial charge in [-0.25, -0.2) is 0 Å². The number of carbonyl (C=O) groups excluding carboxylic acids is 1. The summed E-state index contributed by atoms with van der Waals surface area (Å²) in [6.45, 7) is 2.74. The number of ether oxygens (including phenoxy) is 1. The first-order chi connectivity index (χ1) is 11.8. The van der Waals surface area contributed by atoms with E-state index in [0.717, 1.165) is 13.2 Å². The Kier molecular flexibility index (Phi) is 7.92. The van der Waals surface area contributed by atoms with Gasteiger partial charge < -0.3 is 15.4 Å². The SMILES string of the molecule is Cl.O=C(CC1COCCN1)NCC(c1ccccc1)c1ccccc1. The van der Waals surface area contributed by atoms with Gasteiger partial charge in [-0.2, -0.15) is 0 Å². The Hall–Kier alpha value is -1.88. The molecular weight excluding hydrogens is 336 g/mol. The number of rotatable bonds is 6. The minimum atomic E-state index is 0. The highest BCUT2D eigenvalue weighted by Crippen LogP contribution is 2.23. The monoisotopic (exact) mass is 360 g/mol. The lowest BCUT2D eigenvalue weighted by Crippen LogP contribution is -2.44. The number of carbonyl (C=O) groups is 1. The molecule has 0 saturated carbocycles. The Morgan fingerprint density at radius 1 is 1.08 bits per heavy atom. The standard InChI is InChI=1S/C20H24N2O2.ClH/c23-20(13-18-15-24-12-11-21-18)22-14-19(16-7-3-1-4-8-16)17-9-5-2-6-10-17;/h1-10,18-19,21H,11-15H2,(H,22,23);1H. The van der Waals surface area contributed by atoms with E-state index >= 15 is 0 Å². The van der Waals surface area contributed by atoms with Crippen LogP contribution < -0.4 is 10.6 Å². The van der Waals surface area contributed by atoms with E-state index in [0.29, 0.717) is 19.6 Å².